The van der Waals surface area contributed by atoms with Crippen LogP contribution in [-0.4, -0.2) is 5.33 Å². The van der Waals surface area contributed by atoms with Crippen LogP contribution in [0.15, 0.2) is 18.2 Å². The van der Waals surface area contributed by atoms with E-state index in [1.54, 1.807) is 6.07 Å². The predicted molar refractivity (Wildman–Crippen MR) is 61.2 cm³/mol. The molecule has 1 rings (SSSR count). The van der Waals surface area contributed by atoms with E-state index in [9.17, 15) is 4.39 Å². The maximum absolute atomic E-state index is 13.1. The van der Waals surface area contributed by atoms with E-state index in [-0.39, 0.29) is 5.82 Å². The number of aryl methyl sites for hydroxylation is 1. The van der Waals surface area contributed by atoms with Crippen molar-refractivity contribution in [1.82, 2.24) is 0 Å². The lowest BCUT2D eigenvalue weighted by molar-refractivity contribution is 0.607. The first-order valence-electron chi connectivity index (χ1n) is 3.74. The van der Waals surface area contributed by atoms with Crippen LogP contribution in [0.5, 0.6) is 0 Å². The molecule has 0 heterocycles. The Morgan fingerprint density at radius 1 is 1.42 bits per heavy atom. The number of hydrogen-bond acceptors (Lipinski definition) is 0. The summed E-state index contributed by atoms with van der Waals surface area (Å²) >= 11 is 5.52. The molecule has 0 spiro atoms. The first-order valence-corrected chi connectivity index (χ1v) is 5.94. The third kappa shape index (κ3) is 3.01. The van der Waals surface area contributed by atoms with Gasteiger partial charge in [-0.05, 0) is 59.2 Å². The Morgan fingerprint density at radius 2 is 2.17 bits per heavy atom. The summed E-state index contributed by atoms with van der Waals surface area (Å²) in [6.07, 6.45) is 1.80. The molecule has 0 amide bonds. The van der Waals surface area contributed by atoms with Crippen LogP contribution in [0, 0.1) is 9.39 Å². The van der Waals surface area contributed by atoms with Crippen molar-refractivity contribution >= 4 is 38.5 Å². The fourth-order valence-electron chi connectivity index (χ4n) is 0.992. The largest absolute Gasteiger partial charge is 0.207 e. The highest BCUT2D eigenvalue weighted by Crippen LogP contribution is 2.14. The molecule has 0 unspecified atom stereocenters. The van der Waals surface area contributed by atoms with Gasteiger partial charge in [-0.25, -0.2) is 4.39 Å². The van der Waals surface area contributed by atoms with E-state index < -0.39 is 0 Å². The number of benzene rings is 1. The molecule has 0 aliphatic rings. The van der Waals surface area contributed by atoms with E-state index >= 15 is 0 Å². The summed E-state index contributed by atoms with van der Waals surface area (Å²) in [6, 6.07) is 5.22. The molecule has 0 aliphatic carbocycles. The van der Waals surface area contributed by atoms with E-state index in [4.69, 9.17) is 0 Å². The molecular formula is C9H9BrFI. The minimum atomic E-state index is -0.0867. The van der Waals surface area contributed by atoms with Crippen molar-refractivity contribution in [3.8, 4) is 0 Å². The van der Waals surface area contributed by atoms with Gasteiger partial charge >= 0.3 is 0 Å². The van der Waals surface area contributed by atoms with Gasteiger partial charge in [0, 0.05) is 8.90 Å². The average Bonchev–Trinajstić information content (AvgIpc) is 2.07. The van der Waals surface area contributed by atoms with Crippen molar-refractivity contribution < 1.29 is 4.39 Å². The summed E-state index contributed by atoms with van der Waals surface area (Å²) in [5, 5.41) is 0.928. The van der Waals surface area contributed by atoms with Crippen molar-refractivity contribution in [3.05, 3.63) is 33.1 Å². The Labute approximate surface area is 93.8 Å². The lowest BCUT2D eigenvalue weighted by Crippen LogP contribution is -1.91. The summed E-state index contributed by atoms with van der Waals surface area (Å²) in [5.41, 5.74) is 0.821. The molecule has 3 heteroatoms. The molecule has 0 bridgehead atoms. The van der Waals surface area contributed by atoms with Crippen molar-refractivity contribution in [2.45, 2.75) is 12.8 Å². The van der Waals surface area contributed by atoms with Gasteiger partial charge in [0.15, 0.2) is 0 Å². The molecule has 1 aromatic rings. The monoisotopic (exact) mass is 342 g/mol. The maximum atomic E-state index is 13.1. The second-order valence-electron chi connectivity index (χ2n) is 2.53. The van der Waals surface area contributed by atoms with Crippen molar-refractivity contribution in [2.75, 3.05) is 5.33 Å². The molecule has 12 heavy (non-hydrogen) atoms. The fourth-order valence-corrected chi connectivity index (χ4v) is 1.83. The molecular weight excluding hydrogens is 334 g/mol. The highest BCUT2D eigenvalue weighted by molar-refractivity contribution is 14.1. The average molecular weight is 343 g/mol. The van der Waals surface area contributed by atoms with Gasteiger partial charge in [0.1, 0.15) is 5.82 Å². The molecule has 0 N–H and O–H groups in total. The highest BCUT2D eigenvalue weighted by Gasteiger charge is 2.01. The topological polar surface area (TPSA) is 0 Å². The molecule has 66 valence electrons. The Morgan fingerprint density at radius 3 is 2.83 bits per heavy atom. The summed E-state index contributed by atoms with van der Waals surface area (Å²) in [4.78, 5) is 0. The first kappa shape index (κ1) is 10.4. The predicted octanol–water partition coefficient (Wildman–Crippen LogP) is 3.76. The molecule has 0 saturated carbocycles. The summed E-state index contributed by atoms with van der Waals surface area (Å²) in [5.74, 6) is -0.0867. The third-order valence-electron chi connectivity index (χ3n) is 1.59. The first-order chi connectivity index (χ1) is 5.74. The van der Waals surface area contributed by atoms with E-state index in [0.717, 1.165) is 27.3 Å². The van der Waals surface area contributed by atoms with Gasteiger partial charge in [0.2, 0.25) is 0 Å². The van der Waals surface area contributed by atoms with E-state index in [1.165, 1.54) is 6.07 Å². The molecule has 1 aromatic carbocycles. The quantitative estimate of drug-likeness (QED) is 0.579. The molecule has 0 radical (unpaired) electrons. The van der Waals surface area contributed by atoms with Crippen molar-refractivity contribution in [2.24, 2.45) is 0 Å². The number of halogens is 3. The van der Waals surface area contributed by atoms with Crippen LogP contribution >= 0.6 is 38.5 Å². The van der Waals surface area contributed by atoms with Crippen LogP contribution in [0.4, 0.5) is 4.39 Å². The smallest absolute Gasteiger partial charge is 0.126 e. The van der Waals surface area contributed by atoms with Gasteiger partial charge in [0.25, 0.3) is 0 Å². The van der Waals surface area contributed by atoms with E-state index in [0.29, 0.717) is 0 Å². The Kier molecular flexibility index (Phi) is 4.50. The van der Waals surface area contributed by atoms with Gasteiger partial charge in [-0.2, -0.15) is 0 Å². The molecule has 0 atom stereocenters. The zero-order chi connectivity index (χ0) is 8.97. The highest BCUT2D eigenvalue weighted by atomic mass is 127. The van der Waals surface area contributed by atoms with Crippen LogP contribution in [-0.2, 0) is 6.42 Å². The summed E-state index contributed by atoms with van der Waals surface area (Å²) < 4.78 is 14.2. The lowest BCUT2D eigenvalue weighted by Gasteiger charge is -2.01. The van der Waals surface area contributed by atoms with Crippen molar-refractivity contribution in [3.63, 3.8) is 0 Å². The fraction of sp³-hybridized carbons (Fsp3) is 0.333. The van der Waals surface area contributed by atoms with Crippen LogP contribution in [0.3, 0.4) is 0 Å². The molecule has 0 saturated heterocycles. The molecule has 0 aliphatic heterocycles. The zero-order valence-electron chi connectivity index (χ0n) is 6.49. The van der Waals surface area contributed by atoms with Gasteiger partial charge in [-0.3, -0.25) is 0 Å². The minimum Gasteiger partial charge on any atom is -0.207 e. The van der Waals surface area contributed by atoms with Crippen LogP contribution in [0.2, 0.25) is 0 Å². The molecule has 0 fully saturated rings. The van der Waals surface area contributed by atoms with E-state index in [1.807, 2.05) is 6.07 Å². The normalized spacial score (nSPS) is 10.2. The SMILES string of the molecule is Fc1ccc(I)cc1CCCBr. The number of alkyl halides is 1. The van der Waals surface area contributed by atoms with Crippen molar-refractivity contribution in [1.29, 1.82) is 0 Å². The Balaban J connectivity index is 2.75. The Bertz CT molecular complexity index is 263. The van der Waals surface area contributed by atoms with Crippen LogP contribution in [0.25, 0.3) is 0 Å². The third-order valence-corrected chi connectivity index (χ3v) is 2.82. The zero-order valence-corrected chi connectivity index (χ0v) is 10.2. The van der Waals surface area contributed by atoms with Crippen LogP contribution < -0.4 is 0 Å². The number of rotatable bonds is 3. The second kappa shape index (κ2) is 5.17. The molecule has 0 nitrogen and oxygen atoms in total. The van der Waals surface area contributed by atoms with E-state index in [2.05, 4.69) is 38.5 Å². The van der Waals surface area contributed by atoms with Gasteiger partial charge in [-0.15, -0.1) is 0 Å². The molecule has 0 aromatic heterocycles. The second-order valence-corrected chi connectivity index (χ2v) is 4.57. The summed E-state index contributed by atoms with van der Waals surface area (Å²) in [6.45, 7) is 0. The van der Waals surface area contributed by atoms with Gasteiger partial charge < -0.3 is 0 Å². The Hall–Kier alpha value is 0.360. The summed E-state index contributed by atoms with van der Waals surface area (Å²) in [7, 11) is 0. The maximum Gasteiger partial charge on any atom is 0.126 e. The number of hydrogen-bond donors (Lipinski definition) is 0. The lowest BCUT2D eigenvalue weighted by atomic mass is 10.1. The standard InChI is InChI=1S/C9H9BrFI/c10-5-1-2-7-6-8(12)3-4-9(7)11/h3-4,6H,1-2,5H2. The van der Waals surface area contributed by atoms with Gasteiger partial charge in [-0.1, -0.05) is 15.9 Å². The van der Waals surface area contributed by atoms with Crippen LogP contribution in [0.1, 0.15) is 12.0 Å². The van der Waals surface area contributed by atoms with Gasteiger partial charge in [0.05, 0.1) is 0 Å². The minimum absolute atomic E-state index is 0.0867.